The summed E-state index contributed by atoms with van der Waals surface area (Å²) < 4.78 is 30.9. The maximum absolute atomic E-state index is 11.9. The topological polar surface area (TPSA) is 84.5 Å². The maximum atomic E-state index is 11.9. The Balaban J connectivity index is 2.57. The van der Waals surface area contributed by atoms with Crippen LogP contribution in [-0.2, 0) is 14.8 Å². The van der Waals surface area contributed by atoms with Gasteiger partial charge in [0.25, 0.3) is 5.91 Å². The molecule has 0 fully saturated rings. The number of amides is 1. The minimum absolute atomic E-state index is 0.0702. The van der Waals surface area contributed by atoms with Crippen LogP contribution < -0.4 is 10.0 Å². The van der Waals surface area contributed by atoms with E-state index in [1.807, 2.05) is 13.8 Å². The summed E-state index contributed by atoms with van der Waals surface area (Å²) >= 11 is 0. The molecule has 0 heterocycles. The molecule has 0 radical (unpaired) electrons. The number of carbonyl (C=O) groups excluding carboxylic acids is 1. The van der Waals surface area contributed by atoms with E-state index >= 15 is 0 Å². The van der Waals surface area contributed by atoms with E-state index in [1.54, 1.807) is 12.1 Å². The molecule has 0 spiro atoms. The van der Waals surface area contributed by atoms with E-state index in [0.717, 1.165) is 0 Å². The molecule has 0 aliphatic heterocycles. The standard InChI is InChI=1S/C14H22N2O4S/c1-11(2)20-9-5-8-16-14(17)12-6-4-7-13(10-12)21(18,19)15-3/h4,6-7,10-11,15H,5,8-9H2,1-3H3,(H,16,17). The lowest BCUT2D eigenvalue weighted by molar-refractivity contribution is 0.0757. The first-order chi connectivity index (χ1) is 9.86. The fraction of sp³-hybridized carbons (Fsp3) is 0.500. The van der Waals surface area contributed by atoms with Gasteiger partial charge in [-0.05, 0) is 45.5 Å². The molecule has 6 nitrogen and oxygen atoms in total. The number of hydrogen-bond acceptors (Lipinski definition) is 4. The Bertz CT molecular complexity index is 570. The van der Waals surface area contributed by atoms with Crippen molar-refractivity contribution in [3.05, 3.63) is 29.8 Å². The van der Waals surface area contributed by atoms with Crippen molar-refractivity contribution in [1.82, 2.24) is 10.0 Å². The number of rotatable bonds is 8. The van der Waals surface area contributed by atoms with Gasteiger partial charge in [0, 0.05) is 18.7 Å². The van der Waals surface area contributed by atoms with Crippen LogP contribution >= 0.6 is 0 Å². The molecule has 1 aromatic rings. The SMILES string of the molecule is CNS(=O)(=O)c1cccc(C(=O)NCCCOC(C)C)c1. The van der Waals surface area contributed by atoms with Gasteiger partial charge in [0.1, 0.15) is 0 Å². The van der Waals surface area contributed by atoms with E-state index in [4.69, 9.17) is 4.74 Å². The molecule has 21 heavy (non-hydrogen) atoms. The van der Waals surface area contributed by atoms with Crippen LogP contribution in [0, 0.1) is 0 Å². The molecule has 0 unspecified atom stereocenters. The number of ether oxygens (including phenoxy) is 1. The van der Waals surface area contributed by atoms with Crippen LogP contribution in [0.4, 0.5) is 0 Å². The zero-order valence-electron chi connectivity index (χ0n) is 12.5. The number of benzene rings is 1. The van der Waals surface area contributed by atoms with E-state index in [0.29, 0.717) is 25.1 Å². The molecule has 0 aliphatic carbocycles. The monoisotopic (exact) mass is 314 g/mol. The summed E-state index contributed by atoms with van der Waals surface area (Å²) in [5, 5.41) is 2.74. The van der Waals surface area contributed by atoms with Gasteiger partial charge in [-0.25, -0.2) is 13.1 Å². The van der Waals surface area contributed by atoms with Crippen molar-refractivity contribution in [3.8, 4) is 0 Å². The average molecular weight is 314 g/mol. The number of carbonyl (C=O) groups is 1. The van der Waals surface area contributed by atoms with E-state index in [2.05, 4.69) is 10.0 Å². The van der Waals surface area contributed by atoms with Crippen molar-refractivity contribution in [2.24, 2.45) is 0 Å². The van der Waals surface area contributed by atoms with Crippen molar-refractivity contribution in [1.29, 1.82) is 0 Å². The van der Waals surface area contributed by atoms with Crippen LogP contribution in [0.2, 0.25) is 0 Å². The summed E-state index contributed by atoms with van der Waals surface area (Å²) in [7, 11) is -2.21. The van der Waals surface area contributed by atoms with Crippen LogP contribution in [0.3, 0.4) is 0 Å². The van der Waals surface area contributed by atoms with Gasteiger partial charge >= 0.3 is 0 Å². The summed E-state index contributed by atoms with van der Waals surface area (Å²) in [6.45, 7) is 4.96. The second-order valence-electron chi connectivity index (χ2n) is 4.76. The Morgan fingerprint density at radius 1 is 1.33 bits per heavy atom. The van der Waals surface area contributed by atoms with Gasteiger partial charge in [-0.15, -0.1) is 0 Å². The molecule has 1 aromatic carbocycles. The second kappa shape index (κ2) is 8.11. The Morgan fingerprint density at radius 3 is 2.67 bits per heavy atom. The van der Waals surface area contributed by atoms with Crippen molar-refractivity contribution in [2.75, 3.05) is 20.2 Å². The first-order valence-corrected chi connectivity index (χ1v) is 8.28. The van der Waals surface area contributed by atoms with Crippen LogP contribution in [0.15, 0.2) is 29.2 Å². The zero-order chi connectivity index (χ0) is 15.9. The number of nitrogens with one attached hydrogen (secondary N) is 2. The predicted molar refractivity (Wildman–Crippen MR) is 80.7 cm³/mol. The lowest BCUT2D eigenvalue weighted by Crippen LogP contribution is -2.26. The van der Waals surface area contributed by atoms with Gasteiger partial charge in [-0.1, -0.05) is 6.07 Å². The molecular formula is C14H22N2O4S. The van der Waals surface area contributed by atoms with Crippen molar-refractivity contribution in [3.63, 3.8) is 0 Å². The summed E-state index contributed by atoms with van der Waals surface area (Å²) in [4.78, 5) is 12.0. The average Bonchev–Trinajstić information content (AvgIpc) is 2.46. The predicted octanol–water partition coefficient (Wildman–Crippen LogP) is 1.14. The minimum Gasteiger partial charge on any atom is -0.379 e. The Kier molecular flexibility index (Phi) is 6.80. The molecule has 0 saturated carbocycles. The molecule has 0 aliphatic rings. The highest BCUT2D eigenvalue weighted by Crippen LogP contribution is 2.11. The quantitative estimate of drug-likeness (QED) is 0.705. The summed E-state index contributed by atoms with van der Waals surface area (Å²) in [5.41, 5.74) is 0.316. The Hall–Kier alpha value is -1.44. The first-order valence-electron chi connectivity index (χ1n) is 6.80. The third-order valence-electron chi connectivity index (χ3n) is 2.73. The molecule has 1 rings (SSSR count). The van der Waals surface area contributed by atoms with Crippen molar-refractivity contribution in [2.45, 2.75) is 31.3 Å². The molecule has 0 atom stereocenters. The molecule has 2 N–H and O–H groups in total. The van der Waals surface area contributed by atoms with Gasteiger partial charge in [-0.3, -0.25) is 4.79 Å². The second-order valence-corrected chi connectivity index (χ2v) is 6.65. The first kappa shape index (κ1) is 17.6. The van der Waals surface area contributed by atoms with E-state index < -0.39 is 10.0 Å². The van der Waals surface area contributed by atoms with Gasteiger partial charge < -0.3 is 10.1 Å². The third kappa shape index (κ3) is 5.82. The molecule has 118 valence electrons. The van der Waals surface area contributed by atoms with Crippen LogP contribution in [0.5, 0.6) is 0 Å². The van der Waals surface area contributed by atoms with Gasteiger partial charge in [0.2, 0.25) is 10.0 Å². The highest BCUT2D eigenvalue weighted by atomic mass is 32.2. The highest BCUT2D eigenvalue weighted by molar-refractivity contribution is 7.89. The van der Waals surface area contributed by atoms with Gasteiger partial charge in [0.15, 0.2) is 0 Å². The Labute approximate surface area is 125 Å². The molecule has 0 saturated heterocycles. The zero-order valence-corrected chi connectivity index (χ0v) is 13.4. The van der Waals surface area contributed by atoms with Crippen molar-refractivity contribution < 1.29 is 17.9 Å². The number of hydrogen-bond donors (Lipinski definition) is 2. The minimum atomic E-state index is -3.54. The van der Waals surface area contributed by atoms with Crippen molar-refractivity contribution >= 4 is 15.9 Å². The molecule has 0 bridgehead atoms. The molecular weight excluding hydrogens is 292 g/mol. The normalized spacial score (nSPS) is 11.6. The Morgan fingerprint density at radius 2 is 2.05 bits per heavy atom. The van der Waals surface area contributed by atoms with E-state index in [9.17, 15) is 13.2 Å². The summed E-state index contributed by atoms with van der Waals surface area (Å²) in [6.07, 6.45) is 0.877. The van der Waals surface area contributed by atoms with Crippen LogP contribution in [-0.4, -0.2) is 40.6 Å². The fourth-order valence-electron chi connectivity index (χ4n) is 1.62. The lowest BCUT2D eigenvalue weighted by Gasteiger charge is -2.09. The largest absolute Gasteiger partial charge is 0.379 e. The van der Waals surface area contributed by atoms with Gasteiger partial charge in [0.05, 0.1) is 11.0 Å². The number of sulfonamides is 1. The molecule has 7 heteroatoms. The fourth-order valence-corrected chi connectivity index (χ4v) is 2.39. The maximum Gasteiger partial charge on any atom is 0.251 e. The highest BCUT2D eigenvalue weighted by Gasteiger charge is 2.13. The third-order valence-corrected chi connectivity index (χ3v) is 4.15. The van der Waals surface area contributed by atoms with Crippen LogP contribution in [0.1, 0.15) is 30.6 Å². The summed E-state index contributed by atoms with van der Waals surface area (Å²) in [5.74, 6) is -0.298. The van der Waals surface area contributed by atoms with E-state index in [-0.39, 0.29) is 16.9 Å². The molecule has 1 amide bonds. The lowest BCUT2D eigenvalue weighted by atomic mass is 10.2. The molecule has 0 aromatic heterocycles. The smallest absolute Gasteiger partial charge is 0.251 e. The van der Waals surface area contributed by atoms with Gasteiger partial charge in [-0.2, -0.15) is 0 Å². The van der Waals surface area contributed by atoms with Crippen LogP contribution in [0.25, 0.3) is 0 Å². The van der Waals surface area contributed by atoms with E-state index in [1.165, 1.54) is 19.2 Å². The summed E-state index contributed by atoms with van der Waals surface area (Å²) in [6, 6.07) is 5.92.